The average Bonchev–Trinajstić information content (AvgIpc) is 3.46. The minimum Gasteiger partial charge on any atom is -0.493 e. The third-order valence-corrected chi connectivity index (χ3v) is 9.10. The molecule has 0 bridgehead atoms. The molecule has 1 aliphatic carbocycles. The van der Waals surface area contributed by atoms with Gasteiger partial charge in [-0.05, 0) is 29.8 Å². The van der Waals surface area contributed by atoms with Gasteiger partial charge in [-0.15, -0.1) is 0 Å². The molecule has 0 amide bonds. The fourth-order valence-electron chi connectivity index (χ4n) is 7.22. The molecule has 42 heavy (non-hydrogen) atoms. The number of ether oxygens (including phenoxy) is 2. The Kier molecular flexibility index (Phi) is 6.06. The van der Waals surface area contributed by atoms with Crippen molar-refractivity contribution in [3.05, 3.63) is 130 Å². The van der Waals surface area contributed by atoms with Crippen LogP contribution in [0, 0.1) is 5.41 Å². The van der Waals surface area contributed by atoms with Crippen molar-refractivity contribution in [2.45, 2.75) is 18.0 Å². The van der Waals surface area contributed by atoms with E-state index >= 15 is 0 Å². The van der Waals surface area contributed by atoms with Crippen molar-refractivity contribution in [2.24, 2.45) is 5.41 Å². The molecule has 0 saturated carbocycles. The molecule has 3 aliphatic rings. The third kappa shape index (κ3) is 3.42. The number of fused-ring (bicyclic) bond motifs is 5. The van der Waals surface area contributed by atoms with Crippen molar-refractivity contribution in [3.63, 3.8) is 0 Å². The van der Waals surface area contributed by atoms with E-state index in [-0.39, 0.29) is 17.3 Å². The molecular formula is C35H26ClNO5. The first-order chi connectivity index (χ1) is 20.4. The van der Waals surface area contributed by atoms with Gasteiger partial charge in [0.1, 0.15) is 11.5 Å². The summed E-state index contributed by atoms with van der Waals surface area (Å²) in [6, 6.07) is 25.0. The Morgan fingerprint density at radius 3 is 2.19 bits per heavy atom. The van der Waals surface area contributed by atoms with Crippen LogP contribution in [0.5, 0.6) is 11.5 Å². The first kappa shape index (κ1) is 26.2. The molecule has 0 aromatic heterocycles. The van der Waals surface area contributed by atoms with Gasteiger partial charge in [-0.3, -0.25) is 14.4 Å². The van der Waals surface area contributed by atoms with Crippen molar-refractivity contribution >= 4 is 40.7 Å². The van der Waals surface area contributed by atoms with E-state index in [2.05, 4.69) is 0 Å². The molecule has 0 radical (unpaired) electrons. The summed E-state index contributed by atoms with van der Waals surface area (Å²) in [5, 5.41) is 0.545. The van der Waals surface area contributed by atoms with Crippen LogP contribution in [0.4, 0.5) is 5.69 Å². The van der Waals surface area contributed by atoms with Crippen molar-refractivity contribution < 1.29 is 23.9 Å². The summed E-state index contributed by atoms with van der Waals surface area (Å²) in [6.45, 7) is 0. The second-order valence-corrected chi connectivity index (χ2v) is 11.2. The SMILES string of the molecule is COc1cccc([C@@H]2[C@H](C(=O)c3ccccc3)N3c4ccc(Cl)cc4C=C[C@@H]3C23C(=O)c2ccccc2C3=O)c1OC. The molecule has 1 fully saturated rings. The van der Waals surface area contributed by atoms with Crippen molar-refractivity contribution in [1.29, 1.82) is 0 Å². The number of Topliss-reactive ketones (excluding diaryl/α,β-unsaturated/α-hetero) is 3. The molecule has 7 heteroatoms. The van der Waals surface area contributed by atoms with E-state index in [1.165, 1.54) is 14.2 Å². The lowest BCUT2D eigenvalue weighted by atomic mass is 9.64. The number of benzene rings is 4. The van der Waals surface area contributed by atoms with Gasteiger partial charge < -0.3 is 14.4 Å². The number of hydrogen-bond acceptors (Lipinski definition) is 6. The second-order valence-electron chi connectivity index (χ2n) is 10.7. The summed E-state index contributed by atoms with van der Waals surface area (Å²) < 4.78 is 11.5. The van der Waals surface area contributed by atoms with Gasteiger partial charge in [0.2, 0.25) is 0 Å². The summed E-state index contributed by atoms with van der Waals surface area (Å²) in [4.78, 5) is 46.3. The number of rotatable bonds is 5. The number of methoxy groups -OCH3 is 2. The Hall–Kier alpha value is -4.68. The summed E-state index contributed by atoms with van der Waals surface area (Å²) in [6.07, 6.45) is 3.77. The van der Waals surface area contributed by atoms with Gasteiger partial charge in [0.25, 0.3) is 0 Å². The summed E-state index contributed by atoms with van der Waals surface area (Å²) in [5.41, 5.74) is 1.63. The highest BCUT2D eigenvalue weighted by molar-refractivity contribution is 6.33. The zero-order valence-corrected chi connectivity index (χ0v) is 23.7. The van der Waals surface area contributed by atoms with E-state index in [0.717, 1.165) is 11.3 Å². The van der Waals surface area contributed by atoms with Gasteiger partial charge in [0.15, 0.2) is 28.8 Å². The number of ketones is 3. The molecule has 2 aliphatic heterocycles. The lowest BCUT2D eigenvalue weighted by molar-refractivity contribution is 0.0664. The van der Waals surface area contributed by atoms with Crippen molar-refractivity contribution in [2.75, 3.05) is 19.1 Å². The van der Waals surface area contributed by atoms with Gasteiger partial charge in [-0.2, -0.15) is 0 Å². The summed E-state index contributed by atoms with van der Waals surface area (Å²) >= 11 is 6.38. The van der Waals surface area contributed by atoms with Gasteiger partial charge in [0.05, 0.1) is 20.3 Å². The number of hydrogen-bond donors (Lipinski definition) is 0. The third-order valence-electron chi connectivity index (χ3n) is 8.86. The highest BCUT2D eigenvalue weighted by Crippen LogP contribution is 2.62. The van der Waals surface area contributed by atoms with E-state index in [1.807, 2.05) is 53.5 Å². The van der Waals surface area contributed by atoms with E-state index in [9.17, 15) is 14.4 Å². The van der Waals surface area contributed by atoms with E-state index in [0.29, 0.717) is 38.8 Å². The standard InChI is InChI=1S/C35H26ClNO5/c1-41-27-14-8-13-25(32(27)42-2)29-30(31(38)20-9-4-3-5-10-20)37-26-17-16-22(36)19-21(26)15-18-28(37)35(29)33(39)23-11-6-7-12-24(23)34(35)40/h3-19,28-30H,1-2H3/t28-,29-,30-/m1/s1. The molecule has 208 valence electrons. The van der Waals surface area contributed by atoms with Crippen LogP contribution in [0.2, 0.25) is 5.02 Å². The number of carbonyl (C=O) groups is 3. The molecule has 0 N–H and O–H groups in total. The molecule has 1 spiro atoms. The summed E-state index contributed by atoms with van der Waals surface area (Å²) in [5.74, 6) is -0.915. The van der Waals surface area contributed by atoms with Crippen LogP contribution >= 0.6 is 11.6 Å². The first-order valence-electron chi connectivity index (χ1n) is 13.7. The zero-order valence-electron chi connectivity index (χ0n) is 22.9. The molecule has 6 nitrogen and oxygen atoms in total. The number of para-hydroxylation sites is 1. The molecule has 4 aromatic rings. The fourth-order valence-corrected chi connectivity index (χ4v) is 7.40. The Labute approximate surface area is 248 Å². The monoisotopic (exact) mass is 575 g/mol. The maximum absolute atomic E-state index is 14.8. The lowest BCUT2D eigenvalue weighted by Gasteiger charge is -2.37. The van der Waals surface area contributed by atoms with Gasteiger partial charge in [-0.1, -0.05) is 90.5 Å². The predicted octanol–water partition coefficient (Wildman–Crippen LogP) is 6.67. The Morgan fingerprint density at radius 1 is 0.833 bits per heavy atom. The maximum atomic E-state index is 14.8. The minimum atomic E-state index is -1.65. The molecular weight excluding hydrogens is 550 g/mol. The maximum Gasteiger partial charge on any atom is 0.185 e. The van der Waals surface area contributed by atoms with Gasteiger partial charge in [-0.25, -0.2) is 0 Å². The normalized spacial score (nSPS) is 21.2. The van der Waals surface area contributed by atoms with Crippen LogP contribution in [0.25, 0.3) is 6.08 Å². The molecule has 3 atom stereocenters. The second kappa shape index (κ2) is 9.71. The van der Waals surface area contributed by atoms with Crippen LogP contribution in [-0.4, -0.2) is 43.7 Å². The van der Waals surface area contributed by atoms with E-state index < -0.39 is 23.4 Å². The lowest BCUT2D eigenvalue weighted by Crippen LogP contribution is -2.48. The van der Waals surface area contributed by atoms with Crippen LogP contribution in [0.3, 0.4) is 0 Å². The fraction of sp³-hybridized carbons (Fsp3) is 0.171. The Bertz CT molecular complexity index is 1780. The van der Waals surface area contributed by atoms with Crippen molar-refractivity contribution in [1.82, 2.24) is 0 Å². The average molecular weight is 576 g/mol. The topological polar surface area (TPSA) is 72.9 Å². The van der Waals surface area contributed by atoms with Crippen LogP contribution in [-0.2, 0) is 0 Å². The molecule has 2 heterocycles. The number of anilines is 1. The Morgan fingerprint density at radius 2 is 1.52 bits per heavy atom. The van der Waals surface area contributed by atoms with E-state index in [4.69, 9.17) is 21.1 Å². The quantitative estimate of drug-likeness (QED) is 0.195. The smallest absolute Gasteiger partial charge is 0.185 e. The molecule has 0 unspecified atom stereocenters. The number of nitrogens with zero attached hydrogens (tertiary/aromatic N) is 1. The number of halogens is 1. The van der Waals surface area contributed by atoms with Crippen molar-refractivity contribution in [3.8, 4) is 11.5 Å². The zero-order chi connectivity index (χ0) is 29.2. The molecule has 7 rings (SSSR count). The van der Waals surface area contributed by atoms with Crippen LogP contribution < -0.4 is 14.4 Å². The van der Waals surface area contributed by atoms with Crippen LogP contribution in [0.15, 0.2) is 97.1 Å². The highest BCUT2D eigenvalue weighted by atomic mass is 35.5. The first-order valence-corrected chi connectivity index (χ1v) is 14.1. The molecule has 4 aromatic carbocycles. The van der Waals surface area contributed by atoms with Crippen LogP contribution in [0.1, 0.15) is 48.1 Å². The predicted molar refractivity (Wildman–Crippen MR) is 161 cm³/mol. The minimum absolute atomic E-state index is 0.208. The highest BCUT2D eigenvalue weighted by Gasteiger charge is 2.72. The number of carbonyl (C=O) groups excluding carboxylic acids is 3. The van der Waals surface area contributed by atoms with Gasteiger partial charge in [0, 0.05) is 38.9 Å². The summed E-state index contributed by atoms with van der Waals surface area (Å²) in [7, 11) is 3.06. The Balaban J connectivity index is 1.59. The molecule has 1 saturated heterocycles. The largest absolute Gasteiger partial charge is 0.493 e. The van der Waals surface area contributed by atoms with E-state index in [1.54, 1.807) is 54.6 Å². The van der Waals surface area contributed by atoms with Gasteiger partial charge >= 0.3 is 0 Å².